The van der Waals surface area contributed by atoms with Crippen LogP contribution in [0.25, 0.3) is 175 Å². The lowest BCUT2D eigenvalue weighted by Gasteiger charge is -2.26. The van der Waals surface area contributed by atoms with Crippen LogP contribution in [0, 0.1) is 0 Å². The molecule has 0 radical (unpaired) electrons. The zero-order valence-corrected chi connectivity index (χ0v) is 60.9. The number of nitrogens with zero attached hydrogens (tertiary/aromatic N) is 6. The van der Waals surface area contributed by atoms with Gasteiger partial charge in [0.05, 0.1) is 44.1 Å². The normalized spacial score (nSPS) is 11.9. The first-order valence-corrected chi connectivity index (χ1v) is 38.5. The zero-order valence-electron chi connectivity index (χ0n) is 60.9. The van der Waals surface area contributed by atoms with Crippen molar-refractivity contribution in [1.29, 1.82) is 0 Å². The van der Waals surface area contributed by atoms with Crippen LogP contribution in [0.3, 0.4) is 0 Å². The van der Waals surface area contributed by atoms with Gasteiger partial charge >= 0.3 is 0 Å². The van der Waals surface area contributed by atoms with Crippen molar-refractivity contribution in [2.24, 2.45) is 0 Å². The summed E-state index contributed by atoms with van der Waals surface area (Å²) in [5, 5.41) is 19.2. The Labute approximate surface area is 645 Å². The second kappa shape index (κ2) is 25.3. The molecular weight excluding hydrogens is 1360 g/mol. The van der Waals surface area contributed by atoms with E-state index in [0.29, 0.717) is 0 Å². The van der Waals surface area contributed by atoms with Crippen LogP contribution in [-0.2, 0) is 0 Å². The summed E-state index contributed by atoms with van der Waals surface area (Å²) in [6, 6.07) is 152. The zero-order chi connectivity index (χ0) is 73.5. The monoisotopic (exact) mass is 1420 g/mol. The number of fused-ring (bicyclic) bond motifs is 18. The van der Waals surface area contributed by atoms with Gasteiger partial charge in [-0.2, -0.15) is 0 Å². The molecule has 6 nitrogen and oxygen atoms in total. The van der Waals surface area contributed by atoms with Crippen molar-refractivity contribution < 1.29 is 0 Å². The molecule has 0 saturated heterocycles. The third-order valence-corrected chi connectivity index (χ3v) is 23.4. The van der Waals surface area contributed by atoms with Crippen molar-refractivity contribution in [3.63, 3.8) is 0 Å². The van der Waals surface area contributed by atoms with Crippen molar-refractivity contribution in [3.8, 4) is 45.0 Å². The van der Waals surface area contributed by atoms with Crippen molar-refractivity contribution in [1.82, 2.24) is 18.3 Å². The fourth-order valence-electron chi connectivity index (χ4n) is 18.3. The van der Waals surface area contributed by atoms with Gasteiger partial charge in [0.1, 0.15) is 0 Å². The predicted octanol–water partition coefficient (Wildman–Crippen LogP) is 29.0. The molecule has 0 saturated carbocycles. The molecular formula is C106H68N6. The average Bonchev–Trinajstić information content (AvgIpc) is 1.53. The van der Waals surface area contributed by atoms with Crippen LogP contribution in [0.4, 0.5) is 34.1 Å². The van der Waals surface area contributed by atoms with Crippen LogP contribution in [0.2, 0.25) is 0 Å². The Hall–Kier alpha value is -15.0. The highest BCUT2D eigenvalue weighted by Gasteiger charge is 2.25. The summed E-state index contributed by atoms with van der Waals surface area (Å²) in [5.74, 6) is 0. The lowest BCUT2D eigenvalue weighted by molar-refractivity contribution is 1.18. The Morgan fingerprint density at radius 3 is 0.830 bits per heavy atom. The standard InChI is InChI=1S/C106H68N6/c1-5-25-79(26-6-1)109-99-35-19-17-33-91(99)95-65-75(45-59-101(95)109)71-37-47-83(48-38-71)107(85-51-41-69-21-13-15-23-73(69)61-85)87-53-57-89-77(63-87)43-55-93-97-67-104-98(68-103(97)111(105(89)93)81-29-9-3-10-30-81)94-56-44-78-64-88(54-58-90(78)106(94)112(104)82-31-11-4-12-32-82)108(86-52-42-70-22-14-16-24-74(70)62-86)84-49-39-72(40-50-84)76-46-60-102-96(66-76)92-34-18-20-36-100(92)110(102)80-27-7-2-8-28-80/h1-68H. The van der Waals surface area contributed by atoms with Gasteiger partial charge < -0.3 is 28.1 Å². The second-order valence-corrected chi connectivity index (χ2v) is 29.6. The molecule has 522 valence electrons. The Kier molecular flexibility index (Phi) is 14.3. The molecule has 19 aromatic carbocycles. The maximum absolute atomic E-state index is 2.51. The van der Waals surface area contributed by atoms with E-state index in [1.165, 1.54) is 120 Å². The summed E-state index contributed by atoms with van der Waals surface area (Å²) >= 11 is 0. The van der Waals surface area contributed by atoms with Crippen LogP contribution < -0.4 is 9.80 Å². The van der Waals surface area contributed by atoms with Crippen LogP contribution in [-0.4, -0.2) is 18.3 Å². The Morgan fingerprint density at radius 1 is 0.143 bits per heavy atom. The minimum atomic E-state index is 1.07. The molecule has 0 spiro atoms. The summed E-state index contributed by atoms with van der Waals surface area (Å²) in [6.07, 6.45) is 0. The van der Waals surface area contributed by atoms with Gasteiger partial charge in [-0.3, -0.25) is 0 Å². The molecule has 0 aliphatic heterocycles. The van der Waals surface area contributed by atoms with Crippen molar-refractivity contribution >= 4 is 164 Å². The van der Waals surface area contributed by atoms with E-state index in [1.54, 1.807) is 0 Å². The lowest BCUT2D eigenvalue weighted by Crippen LogP contribution is -2.10. The van der Waals surface area contributed by atoms with Gasteiger partial charge in [-0.15, -0.1) is 0 Å². The number of benzene rings is 19. The fourth-order valence-corrected chi connectivity index (χ4v) is 18.3. The molecule has 0 bridgehead atoms. The van der Waals surface area contributed by atoms with Gasteiger partial charge in [0.2, 0.25) is 0 Å². The molecule has 0 fully saturated rings. The Morgan fingerprint density at radius 2 is 0.429 bits per heavy atom. The molecule has 23 rings (SSSR count). The summed E-state index contributed by atoms with van der Waals surface area (Å²) < 4.78 is 9.79. The van der Waals surface area contributed by atoms with Crippen LogP contribution in [0.1, 0.15) is 0 Å². The number of aromatic nitrogens is 4. The first-order chi connectivity index (χ1) is 55.5. The largest absolute Gasteiger partial charge is 0.310 e. The molecule has 0 aliphatic carbocycles. The summed E-state index contributed by atoms with van der Waals surface area (Å²) in [5.41, 5.74) is 25.1. The summed E-state index contributed by atoms with van der Waals surface area (Å²) in [6.45, 7) is 0. The molecule has 0 N–H and O–H groups in total. The molecule has 0 atom stereocenters. The maximum Gasteiger partial charge on any atom is 0.0619 e. The third-order valence-electron chi connectivity index (χ3n) is 23.4. The fraction of sp³-hybridized carbons (Fsp3) is 0. The average molecular weight is 1430 g/mol. The number of para-hydroxylation sites is 6. The van der Waals surface area contributed by atoms with E-state index in [-0.39, 0.29) is 0 Å². The molecule has 4 aromatic heterocycles. The van der Waals surface area contributed by atoms with E-state index < -0.39 is 0 Å². The number of hydrogen-bond acceptors (Lipinski definition) is 2. The highest BCUT2D eigenvalue weighted by atomic mass is 15.1. The van der Waals surface area contributed by atoms with E-state index in [0.717, 1.165) is 89.8 Å². The van der Waals surface area contributed by atoms with Gasteiger partial charge in [0, 0.05) is 111 Å². The minimum Gasteiger partial charge on any atom is -0.310 e. The van der Waals surface area contributed by atoms with E-state index in [2.05, 4.69) is 441 Å². The summed E-state index contributed by atoms with van der Waals surface area (Å²) in [4.78, 5) is 4.84. The number of hydrogen-bond donors (Lipinski definition) is 0. The Balaban J connectivity index is 0.650. The molecule has 6 heteroatoms. The van der Waals surface area contributed by atoms with Crippen LogP contribution in [0.5, 0.6) is 0 Å². The molecule has 112 heavy (non-hydrogen) atoms. The highest BCUT2D eigenvalue weighted by Crippen LogP contribution is 2.48. The first-order valence-electron chi connectivity index (χ1n) is 38.5. The summed E-state index contributed by atoms with van der Waals surface area (Å²) in [7, 11) is 0. The Bertz CT molecular complexity index is 7260. The van der Waals surface area contributed by atoms with E-state index in [4.69, 9.17) is 0 Å². The van der Waals surface area contributed by atoms with Gasteiger partial charge in [0.15, 0.2) is 0 Å². The van der Waals surface area contributed by atoms with Gasteiger partial charge in [-0.25, -0.2) is 0 Å². The van der Waals surface area contributed by atoms with E-state index >= 15 is 0 Å². The van der Waals surface area contributed by atoms with Crippen molar-refractivity contribution in [2.75, 3.05) is 9.80 Å². The van der Waals surface area contributed by atoms with Gasteiger partial charge in [-0.1, -0.05) is 243 Å². The first kappa shape index (κ1) is 63.1. The molecule has 4 heterocycles. The smallest absolute Gasteiger partial charge is 0.0619 e. The SMILES string of the molecule is c1ccc(-n2c3ccccc3c3cc(-c4ccc(N(c5ccc6ccccc6c5)c5ccc6c(ccc7c8cc9c(cc8n(-c8ccccc8)c67)c6ccc7cc(N(c8ccc(-c%10ccc%11c(c%10)c%10ccccc%10n%11-c%10ccccc%10)cc8)c8ccc%10ccccc%10c8)ccc7c6n9-c6ccccc6)c5)cc4)ccc32)cc1. The van der Waals surface area contributed by atoms with E-state index in [1.807, 2.05) is 0 Å². The maximum atomic E-state index is 2.51. The van der Waals surface area contributed by atoms with Crippen LogP contribution in [0.15, 0.2) is 413 Å². The molecule has 0 unspecified atom stereocenters. The van der Waals surface area contributed by atoms with Gasteiger partial charge in [-0.05, 0) is 224 Å². The number of anilines is 6. The number of rotatable bonds is 12. The van der Waals surface area contributed by atoms with E-state index in [9.17, 15) is 0 Å². The molecule has 0 amide bonds. The van der Waals surface area contributed by atoms with Gasteiger partial charge in [0.25, 0.3) is 0 Å². The predicted molar refractivity (Wildman–Crippen MR) is 474 cm³/mol. The lowest BCUT2D eigenvalue weighted by atomic mass is 10.0. The second-order valence-electron chi connectivity index (χ2n) is 29.6. The van der Waals surface area contributed by atoms with Crippen molar-refractivity contribution in [2.45, 2.75) is 0 Å². The van der Waals surface area contributed by atoms with Crippen LogP contribution >= 0.6 is 0 Å². The third kappa shape index (κ3) is 10.1. The van der Waals surface area contributed by atoms with Crippen molar-refractivity contribution in [3.05, 3.63) is 413 Å². The molecule has 23 aromatic rings. The molecule has 0 aliphatic rings. The highest BCUT2D eigenvalue weighted by molar-refractivity contribution is 6.26. The topological polar surface area (TPSA) is 26.2 Å². The quantitative estimate of drug-likeness (QED) is 0.122. The minimum absolute atomic E-state index is 1.07.